The molecule has 138 valence electrons. The van der Waals surface area contributed by atoms with E-state index in [0.717, 1.165) is 43.2 Å². The lowest BCUT2D eigenvalue weighted by Gasteiger charge is -2.44. The van der Waals surface area contributed by atoms with E-state index in [0.29, 0.717) is 17.9 Å². The number of nitrogens with two attached hydrogens (primary N) is 1. The van der Waals surface area contributed by atoms with Gasteiger partial charge < -0.3 is 11.1 Å². The van der Waals surface area contributed by atoms with Crippen LogP contribution in [0.4, 0.5) is 4.39 Å². The highest BCUT2D eigenvalue weighted by molar-refractivity contribution is 5.85. The van der Waals surface area contributed by atoms with Gasteiger partial charge in [-0.25, -0.2) is 4.39 Å². The van der Waals surface area contributed by atoms with Gasteiger partial charge in [-0.3, -0.25) is 4.79 Å². The Hall–Kier alpha value is -1.13. The number of rotatable bonds is 2. The van der Waals surface area contributed by atoms with Crippen LogP contribution in [0.5, 0.6) is 0 Å². The summed E-state index contributed by atoms with van der Waals surface area (Å²) < 4.78 is 13.4. The lowest BCUT2D eigenvalue weighted by atomic mass is 9.65. The highest BCUT2D eigenvalue weighted by atomic mass is 35.5. The molecule has 0 aliphatic heterocycles. The lowest BCUT2D eigenvalue weighted by Crippen LogP contribution is -2.49. The molecule has 0 saturated heterocycles. The Balaban J connectivity index is 0.00000182. The third-order valence-corrected chi connectivity index (χ3v) is 6.52. The number of hydrogen-bond donors (Lipinski definition) is 2. The number of nitrogens with one attached hydrogen (secondary N) is 1. The first-order chi connectivity index (χ1) is 11.6. The highest BCUT2D eigenvalue weighted by Crippen LogP contribution is 2.42. The number of hydrogen-bond acceptors (Lipinski definition) is 2. The van der Waals surface area contributed by atoms with Gasteiger partial charge in [0.05, 0.1) is 6.04 Å². The molecule has 2 fully saturated rings. The fraction of sp³-hybridized carbons (Fsp3) is 0.650. The minimum atomic E-state index is -0.185. The maximum Gasteiger partial charge on any atom is 0.223 e. The molecule has 3 unspecified atom stereocenters. The van der Waals surface area contributed by atoms with Gasteiger partial charge in [0, 0.05) is 12.0 Å². The molecule has 5 heteroatoms. The van der Waals surface area contributed by atoms with Crippen molar-refractivity contribution in [1.29, 1.82) is 0 Å². The van der Waals surface area contributed by atoms with Crippen LogP contribution in [0.15, 0.2) is 18.2 Å². The number of benzene rings is 1. The van der Waals surface area contributed by atoms with Crippen molar-refractivity contribution in [2.75, 3.05) is 0 Å². The van der Waals surface area contributed by atoms with Crippen LogP contribution in [0.2, 0.25) is 0 Å². The molecule has 0 radical (unpaired) electrons. The zero-order valence-electron chi connectivity index (χ0n) is 14.5. The van der Waals surface area contributed by atoms with Gasteiger partial charge in [0.25, 0.3) is 0 Å². The molecule has 0 spiro atoms. The zero-order chi connectivity index (χ0) is 16.7. The molecule has 4 rings (SSSR count). The average Bonchev–Trinajstić information content (AvgIpc) is 2.54. The van der Waals surface area contributed by atoms with Gasteiger partial charge >= 0.3 is 0 Å². The fourth-order valence-electron chi connectivity index (χ4n) is 5.23. The molecular weight excluding hydrogens is 339 g/mol. The summed E-state index contributed by atoms with van der Waals surface area (Å²) in [6.07, 6.45) is 8.34. The minimum absolute atomic E-state index is 0. The molecule has 1 amide bonds. The predicted octanol–water partition coefficient (Wildman–Crippen LogP) is 3.89. The normalized spacial score (nSPS) is 33.8. The lowest BCUT2D eigenvalue weighted by molar-refractivity contribution is -0.128. The Labute approximate surface area is 155 Å². The maximum absolute atomic E-state index is 13.4. The van der Waals surface area contributed by atoms with E-state index in [9.17, 15) is 9.18 Å². The standard InChI is InChI=1S/C20H27FN2O.ClH/c21-16-7-8-17-12(11-16)3-2-6-18(17)23-20(24)15-9-13-4-1-5-14(10-15)19(13)22;/h7-8,11,13-15,18-19H,1-6,9-10,22H2,(H,23,24);1H. The quantitative estimate of drug-likeness (QED) is 0.834. The van der Waals surface area contributed by atoms with Crippen LogP contribution in [0.3, 0.4) is 0 Å². The largest absolute Gasteiger partial charge is 0.349 e. The topological polar surface area (TPSA) is 55.1 Å². The molecular formula is C20H28ClFN2O. The van der Waals surface area contributed by atoms with Crippen molar-refractivity contribution >= 4 is 18.3 Å². The third-order valence-electron chi connectivity index (χ3n) is 6.52. The fourth-order valence-corrected chi connectivity index (χ4v) is 5.23. The van der Waals surface area contributed by atoms with E-state index in [-0.39, 0.29) is 36.1 Å². The summed E-state index contributed by atoms with van der Waals surface area (Å²) in [5, 5.41) is 3.27. The van der Waals surface area contributed by atoms with Crippen molar-refractivity contribution < 1.29 is 9.18 Å². The van der Waals surface area contributed by atoms with Gasteiger partial charge in [-0.2, -0.15) is 0 Å². The molecule has 0 aromatic heterocycles. The Bertz CT molecular complexity index is 624. The number of aryl methyl sites for hydroxylation is 1. The summed E-state index contributed by atoms with van der Waals surface area (Å²) >= 11 is 0. The van der Waals surface area contributed by atoms with Gasteiger partial charge in [0.15, 0.2) is 0 Å². The maximum atomic E-state index is 13.4. The molecule has 3 atom stereocenters. The SMILES string of the molecule is Cl.NC1C2CCCC1CC(C(=O)NC1CCCc3cc(F)ccc31)C2. The van der Waals surface area contributed by atoms with Crippen molar-refractivity contribution in [3.63, 3.8) is 0 Å². The first-order valence-electron chi connectivity index (χ1n) is 9.46. The van der Waals surface area contributed by atoms with Gasteiger partial charge in [-0.1, -0.05) is 12.5 Å². The summed E-state index contributed by atoms with van der Waals surface area (Å²) in [6, 6.07) is 5.31. The van der Waals surface area contributed by atoms with E-state index >= 15 is 0 Å². The van der Waals surface area contributed by atoms with Crippen LogP contribution < -0.4 is 11.1 Å². The zero-order valence-corrected chi connectivity index (χ0v) is 15.4. The summed E-state index contributed by atoms with van der Waals surface area (Å²) in [5.41, 5.74) is 8.49. The van der Waals surface area contributed by atoms with E-state index in [4.69, 9.17) is 5.73 Å². The number of carbonyl (C=O) groups is 1. The van der Waals surface area contributed by atoms with Crippen LogP contribution >= 0.6 is 12.4 Å². The highest BCUT2D eigenvalue weighted by Gasteiger charge is 2.41. The van der Waals surface area contributed by atoms with Crippen molar-refractivity contribution in [3.8, 4) is 0 Å². The molecule has 3 aliphatic carbocycles. The second kappa shape index (κ2) is 7.63. The Morgan fingerprint density at radius 2 is 1.84 bits per heavy atom. The first-order valence-corrected chi connectivity index (χ1v) is 9.46. The summed E-state index contributed by atoms with van der Waals surface area (Å²) in [6.45, 7) is 0. The smallest absolute Gasteiger partial charge is 0.223 e. The molecule has 3 aliphatic rings. The van der Waals surface area contributed by atoms with Crippen molar-refractivity contribution in [1.82, 2.24) is 5.32 Å². The number of halogens is 2. The van der Waals surface area contributed by atoms with Crippen LogP contribution in [0.1, 0.15) is 62.1 Å². The summed E-state index contributed by atoms with van der Waals surface area (Å²) in [4.78, 5) is 12.9. The van der Waals surface area contributed by atoms with Crippen molar-refractivity contribution in [2.45, 2.75) is 63.5 Å². The Morgan fingerprint density at radius 3 is 2.56 bits per heavy atom. The summed E-state index contributed by atoms with van der Waals surface area (Å²) in [7, 11) is 0. The van der Waals surface area contributed by atoms with Crippen molar-refractivity contribution in [3.05, 3.63) is 35.1 Å². The Kier molecular flexibility index (Phi) is 5.69. The first kappa shape index (κ1) is 18.7. The average molecular weight is 367 g/mol. The monoisotopic (exact) mass is 366 g/mol. The van der Waals surface area contributed by atoms with Gasteiger partial charge in [0.1, 0.15) is 5.82 Å². The van der Waals surface area contributed by atoms with Crippen molar-refractivity contribution in [2.24, 2.45) is 23.5 Å². The van der Waals surface area contributed by atoms with Crippen LogP contribution in [0.25, 0.3) is 0 Å². The van der Waals surface area contributed by atoms with E-state index in [2.05, 4.69) is 5.32 Å². The summed E-state index contributed by atoms with van der Waals surface area (Å²) in [5.74, 6) is 1.13. The third kappa shape index (κ3) is 3.70. The van der Waals surface area contributed by atoms with Crippen LogP contribution in [-0.2, 0) is 11.2 Å². The second-order valence-electron chi connectivity index (χ2n) is 7.99. The van der Waals surface area contributed by atoms with Crippen LogP contribution in [-0.4, -0.2) is 11.9 Å². The predicted molar refractivity (Wildman–Crippen MR) is 99.0 cm³/mol. The molecule has 3 nitrogen and oxygen atoms in total. The number of fused-ring (bicyclic) bond motifs is 3. The molecule has 1 aromatic carbocycles. The van der Waals surface area contributed by atoms with Crippen LogP contribution in [0, 0.1) is 23.6 Å². The van der Waals surface area contributed by atoms with Gasteiger partial charge in [-0.15, -0.1) is 12.4 Å². The molecule has 0 heterocycles. The number of amides is 1. The molecule has 3 N–H and O–H groups in total. The molecule has 25 heavy (non-hydrogen) atoms. The van der Waals surface area contributed by atoms with E-state index in [1.165, 1.54) is 25.3 Å². The minimum Gasteiger partial charge on any atom is -0.349 e. The second-order valence-corrected chi connectivity index (χ2v) is 7.99. The van der Waals surface area contributed by atoms with Gasteiger partial charge in [-0.05, 0) is 80.0 Å². The molecule has 2 bridgehead atoms. The molecule has 2 saturated carbocycles. The van der Waals surface area contributed by atoms with E-state index < -0.39 is 0 Å². The number of carbonyl (C=O) groups excluding carboxylic acids is 1. The van der Waals surface area contributed by atoms with E-state index in [1.807, 2.05) is 6.07 Å². The van der Waals surface area contributed by atoms with E-state index in [1.54, 1.807) is 6.07 Å². The van der Waals surface area contributed by atoms with Gasteiger partial charge in [0.2, 0.25) is 5.91 Å². The Morgan fingerprint density at radius 1 is 1.12 bits per heavy atom. The molecule has 1 aromatic rings.